The van der Waals surface area contributed by atoms with E-state index in [1.54, 1.807) is 6.92 Å². The van der Waals surface area contributed by atoms with Gasteiger partial charge in [-0.2, -0.15) is 0 Å². The Hall–Kier alpha value is -0.830. The van der Waals surface area contributed by atoms with Crippen LogP contribution in [-0.2, 0) is 9.53 Å². The quantitative estimate of drug-likeness (QED) is 0.521. The van der Waals surface area contributed by atoms with Crippen LogP contribution in [0.15, 0.2) is 12.2 Å². The van der Waals surface area contributed by atoms with Crippen molar-refractivity contribution in [2.24, 2.45) is 0 Å². The number of hydrogen-bond acceptors (Lipinski definition) is 3. The van der Waals surface area contributed by atoms with Gasteiger partial charge >= 0.3 is 5.97 Å². The molecule has 0 aliphatic heterocycles. The smallest absolute Gasteiger partial charge is 0.332 e. The minimum atomic E-state index is -0.347. The largest absolute Gasteiger partial charge is 0.466 e. The zero-order chi connectivity index (χ0) is 9.98. The Balaban J connectivity index is 0. The van der Waals surface area contributed by atoms with Crippen LogP contribution in [0.5, 0.6) is 0 Å². The number of rotatable bonds is 3. The van der Waals surface area contributed by atoms with E-state index in [9.17, 15) is 4.79 Å². The first-order valence-electron chi connectivity index (χ1n) is 3.94. The van der Waals surface area contributed by atoms with Crippen molar-refractivity contribution in [2.45, 2.75) is 26.7 Å². The Bertz CT molecular complexity index is 128. The van der Waals surface area contributed by atoms with Crippen molar-refractivity contribution in [3.63, 3.8) is 0 Å². The third kappa shape index (κ3) is 11.9. The van der Waals surface area contributed by atoms with Crippen LogP contribution in [0.3, 0.4) is 0 Å². The van der Waals surface area contributed by atoms with Gasteiger partial charge in [0.25, 0.3) is 0 Å². The van der Waals surface area contributed by atoms with Crippen molar-refractivity contribution in [3.05, 3.63) is 12.2 Å². The number of unbranched alkanes of at least 4 members (excludes halogenated alkanes) is 1. The van der Waals surface area contributed by atoms with Gasteiger partial charge in [-0.15, -0.1) is 0 Å². The number of methoxy groups -OCH3 is 1. The molecule has 0 aromatic carbocycles. The molecule has 0 aromatic heterocycles. The molecule has 0 aromatic rings. The van der Waals surface area contributed by atoms with E-state index in [1.807, 2.05) is 0 Å². The molecule has 0 heterocycles. The van der Waals surface area contributed by atoms with Gasteiger partial charge in [-0.3, -0.25) is 0 Å². The first kappa shape index (κ1) is 13.7. The molecule has 0 aliphatic carbocycles. The van der Waals surface area contributed by atoms with E-state index in [4.69, 9.17) is 5.11 Å². The van der Waals surface area contributed by atoms with E-state index in [2.05, 4.69) is 18.2 Å². The molecule has 0 unspecified atom stereocenters. The lowest BCUT2D eigenvalue weighted by molar-refractivity contribution is -0.136. The first-order valence-corrected chi connectivity index (χ1v) is 3.94. The van der Waals surface area contributed by atoms with Crippen LogP contribution >= 0.6 is 0 Å². The van der Waals surface area contributed by atoms with Crippen LogP contribution in [0.25, 0.3) is 0 Å². The number of carbonyl (C=O) groups is 1. The molecular formula is C9H18O3. The Labute approximate surface area is 74.0 Å². The summed E-state index contributed by atoms with van der Waals surface area (Å²) in [5, 5.41) is 8.07. The standard InChI is InChI=1S/C5H8O2.C4H10O/c1-4(2)5(6)7-3;1-2-3-4-5/h1H2,2-3H3;5H,2-4H2,1H3. The highest BCUT2D eigenvalue weighted by Crippen LogP contribution is 1.87. The van der Waals surface area contributed by atoms with E-state index in [1.165, 1.54) is 7.11 Å². The number of aliphatic hydroxyl groups excluding tert-OH is 1. The zero-order valence-electron chi connectivity index (χ0n) is 8.09. The molecule has 0 atom stereocenters. The lowest BCUT2D eigenvalue weighted by atomic mass is 10.4. The maximum Gasteiger partial charge on any atom is 0.332 e. The summed E-state index contributed by atoms with van der Waals surface area (Å²) in [6.45, 7) is 7.35. The summed E-state index contributed by atoms with van der Waals surface area (Å²) >= 11 is 0. The molecule has 0 spiro atoms. The van der Waals surface area contributed by atoms with E-state index < -0.39 is 0 Å². The first-order chi connectivity index (χ1) is 5.59. The van der Waals surface area contributed by atoms with Crippen molar-refractivity contribution >= 4 is 5.97 Å². The molecule has 3 nitrogen and oxygen atoms in total. The van der Waals surface area contributed by atoms with Gasteiger partial charge in [0.1, 0.15) is 0 Å². The fourth-order valence-electron chi connectivity index (χ4n) is 0.332. The molecule has 1 N–H and O–H groups in total. The van der Waals surface area contributed by atoms with E-state index in [0.29, 0.717) is 12.2 Å². The van der Waals surface area contributed by atoms with Gasteiger partial charge in [0.05, 0.1) is 7.11 Å². The molecule has 0 saturated carbocycles. The predicted molar refractivity (Wildman–Crippen MR) is 48.8 cm³/mol. The van der Waals surface area contributed by atoms with Crippen LogP contribution in [0, 0.1) is 0 Å². The Morgan fingerprint density at radius 3 is 2.08 bits per heavy atom. The fraction of sp³-hybridized carbons (Fsp3) is 0.667. The van der Waals surface area contributed by atoms with Gasteiger partial charge in [-0.05, 0) is 13.3 Å². The third-order valence-electron chi connectivity index (χ3n) is 1.05. The maximum atomic E-state index is 10.2. The maximum absolute atomic E-state index is 10.2. The fourth-order valence-corrected chi connectivity index (χ4v) is 0.332. The average molecular weight is 174 g/mol. The number of carbonyl (C=O) groups excluding carboxylic acids is 1. The number of ether oxygens (including phenoxy) is 1. The molecule has 72 valence electrons. The molecule has 0 amide bonds. The lowest BCUT2D eigenvalue weighted by Crippen LogP contribution is -1.98. The Morgan fingerprint density at radius 1 is 1.58 bits per heavy atom. The van der Waals surface area contributed by atoms with Crippen LogP contribution in [-0.4, -0.2) is 24.8 Å². The minimum absolute atomic E-state index is 0.344. The lowest BCUT2D eigenvalue weighted by Gasteiger charge is -1.91. The number of hydrogen-bond donors (Lipinski definition) is 1. The molecule has 0 saturated heterocycles. The van der Waals surface area contributed by atoms with Gasteiger partial charge in [0.2, 0.25) is 0 Å². The highest BCUT2D eigenvalue weighted by molar-refractivity contribution is 5.86. The topological polar surface area (TPSA) is 46.5 Å². The summed E-state index contributed by atoms with van der Waals surface area (Å²) in [6, 6.07) is 0. The summed E-state index contributed by atoms with van der Waals surface area (Å²) in [5.74, 6) is -0.347. The molecule has 0 radical (unpaired) electrons. The van der Waals surface area contributed by atoms with Crippen molar-refractivity contribution in [3.8, 4) is 0 Å². The minimum Gasteiger partial charge on any atom is -0.466 e. The summed E-state index contributed by atoms with van der Waals surface area (Å²) in [6.07, 6.45) is 2.04. The molecule has 12 heavy (non-hydrogen) atoms. The summed E-state index contributed by atoms with van der Waals surface area (Å²) < 4.78 is 4.27. The van der Waals surface area contributed by atoms with E-state index >= 15 is 0 Å². The Kier molecular flexibility index (Phi) is 11.6. The van der Waals surface area contributed by atoms with Gasteiger partial charge in [-0.1, -0.05) is 19.9 Å². The molecule has 0 fully saturated rings. The summed E-state index contributed by atoms with van der Waals surface area (Å²) in [7, 11) is 1.33. The third-order valence-corrected chi connectivity index (χ3v) is 1.05. The van der Waals surface area contributed by atoms with Gasteiger partial charge < -0.3 is 9.84 Å². The Morgan fingerprint density at radius 2 is 2.08 bits per heavy atom. The predicted octanol–water partition coefficient (Wildman–Crippen LogP) is 1.51. The summed E-state index contributed by atoms with van der Waals surface area (Å²) in [5.41, 5.74) is 0.433. The van der Waals surface area contributed by atoms with Crippen LogP contribution in [0.4, 0.5) is 0 Å². The number of esters is 1. The van der Waals surface area contributed by atoms with E-state index in [0.717, 1.165) is 12.8 Å². The van der Waals surface area contributed by atoms with Gasteiger partial charge in [0.15, 0.2) is 0 Å². The normalized spacial score (nSPS) is 8.00. The highest BCUT2D eigenvalue weighted by Gasteiger charge is 1.95. The van der Waals surface area contributed by atoms with Crippen LogP contribution in [0.2, 0.25) is 0 Å². The van der Waals surface area contributed by atoms with Gasteiger partial charge in [-0.25, -0.2) is 4.79 Å². The number of aliphatic hydroxyl groups is 1. The monoisotopic (exact) mass is 174 g/mol. The second-order valence-electron chi connectivity index (χ2n) is 2.35. The van der Waals surface area contributed by atoms with Crippen molar-refractivity contribution < 1.29 is 14.6 Å². The van der Waals surface area contributed by atoms with E-state index in [-0.39, 0.29) is 5.97 Å². The molecular weight excluding hydrogens is 156 g/mol. The molecule has 3 heteroatoms. The highest BCUT2D eigenvalue weighted by atomic mass is 16.5. The van der Waals surface area contributed by atoms with Crippen LogP contribution in [0.1, 0.15) is 26.7 Å². The second kappa shape index (κ2) is 10.2. The SMILES string of the molecule is C=C(C)C(=O)OC.CCCCO. The molecule has 0 rings (SSSR count). The van der Waals surface area contributed by atoms with Crippen molar-refractivity contribution in [2.75, 3.05) is 13.7 Å². The molecule has 0 bridgehead atoms. The van der Waals surface area contributed by atoms with Crippen molar-refractivity contribution in [1.82, 2.24) is 0 Å². The summed E-state index contributed by atoms with van der Waals surface area (Å²) in [4.78, 5) is 10.2. The average Bonchev–Trinajstić information content (AvgIpc) is 2.05. The zero-order valence-corrected chi connectivity index (χ0v) is 8.09. The second-order valence-corrected chi connectivity index (χ2v) is 2.35. The molecule has 0 aliphatic rings. The van der Waals surface area contributed by atoms with Crippen LogP contribution < -0.4 is 0 Å². The van der Waals surface area contributed by atoms with Crippen molar-refractivity contribution in [1.29, 1.82) is 0 Å². The van der Waals surface area contributed by atoms with Gasteiger partial charge in [0, 0.05) is 12.2 Å².